The normalized spacial score (nSPS) is 11.4. The van der Waals surface area contributed by atoms with Crippen LogP contribution in [0.4, 0.5) is 0 Å². The number of aliphatic hydroxyl groups is 1. The lowest BCUT2D eigenvalue weighted by Crippen LogP contribution is -1.81. The highest BCUT2D eigenvalue weighted by Gasteiger charge is 1.91. The van der Waals surface area contributed by atoms with Crippen LogP contribution in [0, 0.1) is 11.3 Å². The lowest BCUT2D eigenvalue weighted by molar-refractivity contribution is 0.408. The van der Waals surface area contributed by atoms with E-state index in [-0.39, 0.29) is 5.76 Å². The minimum Gasteiger partial charge on any atom is -0.512 e. The summed E-state index contributed by atoms with van der Waals surface area (Å²) in [5.41, 5.74) is 0.699. The zero-order valence-electron chi connectivity index (χ0n) is 5.53. The van der Waals surface area contributed by atoms with Gasteiger partial charge in [-0.15, -0.1) is 0 Å². The van der Waals surface area contributed by atoms with Crippen LogP contribution in [-0.2, 0) is 0 Å². The summed E-state index contributed by atoms with van der Waals surface area (Å²) in [6, 6.07) is 0. The predicted octanol–water partition coefficient (Wildman–Crippen LogP) is 2.43. The molecule has 1 nitrogen and oxygen atoms in total. The summed E-state index contributed by atoms with van der Waals surface area (Å²) >= 11 is 5.11. The van der Waals surface area contributed by atoms with Crippen LogP contribution in [0.2, 0.25) is 0 Å². The molecule has 50 valence electrons. The van der Waals surface area contributed by atoms with Crippen molar-refractivity contribution in [2.75, 3.05) is 0 Å². The van der Waals surface area contributed by atoms with Gasteiger partial charge in [0.25, 0.3) is 0 Å². The van der Waals surface area contributed by atoms with Gasteiger partial charge in [0.15, 0.2) is 0 Å². The van der Waals surface area contributed by atoms with Crippen LogP contribution in [0.3, 0.4) is 0 Å². The van der Waals surface area contributed by atoms with Crippen molar-refractivity contribution in [3.63, 3.8) is 0 Å². The number of aliphatic hydroxyl groups excluding tert-OH is 1. The molecule has 0 aromatic heterocycles. The van der Waals surface area contributed by atoms with E-state index in [1.165, 1.54) is 0 Å². The standard InChI is InChI=1S/C7H9ClO/c1-3-7(4-5-8)6(2)9/h9H,3H2,1-2H3. The molecule has 0 aliphatic rings. The Morgan fingerprint density at radius 3 is 2.33 bits per heavy atom. The Labute approximate surface area is 60.3 Å². The lowest BCUT2D eigenvalue weighted by atomic mass is 10.2. The Bertz CT molecular complexity index is 167. The Balaban J connectivity index is 4.29. The molecule has 0 aliphatic heterocycles. The topological polar surface area (TPSA) is 20.2 Å². The molecule has 0 aromatic carbocycles. The molecule has 0 heterocycles. The van der Waals surface area contributed by atoms with Gasteiger partial charge in [-0.05, 0) is 24.9 Å². The second kappa shape index (κ2) is 4.29. The van der Waals surface area contributed by atoms with Crippen LogP contribution < -0.4 is 0 Å². The molecule has 0 atom stereocenters. The van der Waals surface area contributed by atoms with Crippen molar-refractivity contribution in [3.05, 3.63) is 11.3 Å². The summed E-state index contributed by atoms with van der Waals surface area (Å²) in [5, 5.41) is 11.1. The van der Waals surface area contributed by atoms with Gasteiger partial charge in [0.05, 0.1) is 0 Å². The maximum Gasteiger partial charge on any atom is 0.101 e. The van der Waals surface area contributed by atoms with Gasteiger partial charge in [0.1, 0.15) is 5.76 Å². The molecule has 1 N–H and O–H groups in total. The Morgan fingerprint density at radius 1 is 1.67 bits per heavy atom. The van der Waals surface area contributed by atoms with Crippen LogP contribution in [0.15, 0.2) is 11.3 Å². The van der Waals surface area contributed by atoms with Gasteiger partial charge in [-0.25, -0.2) is 0 Å². The van der Waals surface area contributed by atoms with Gasteiger partial charge in [0, 0.05) is 11.0 Å². The molecular weight excluding hydrogens is 136 g/mol. The smallest absolute Gasteiger partial charge is 0.101 e. The quantitative estimate of drug-likeness (QED) is 0.443. The van der Waals surface area contributed by atoms with Crippen LogP contribution in [0.25, 0.3) is 0 Å². The Morgan fingerprint density at radius 2 is 2.22 bits per heavy atom. The zero-order chi connectivity index (χ0) is 7.28. The highest BCUT2D eigenvalue weighted by Crippen LogP contribution is 2.03. The molecule has 0 saturated heterocycles. The molecule has 0 aromatic rings. The number of hydrogen-bond donors (Lipinski definition) is 1. The third-order valence-electron chi connectivity index (χ3n) is 0.988. The van der Waals surface area contributed by atoms with Gasteiger partial charge < -0.3 is 5.11 Å². The van der Waals surface area contributed by atoms with E-state index in [9.17, 15) is 0 Å². The van der Waals surface area contributed by atoms with Gasteiger partial charge in [-0.1, -0.05) is 12.8 Å². The molecule has 0 fully saturated rings. The van der Waals surface area contributed by atoms with E-state index < -0.39 is 0 Å². The summed E-state index contributed by atoms with van der Waals surface area (Å²) in [7, 11) is 0. The fraction of sp³-hybridized carbons (Fsp3) is 0.429. The molecule has 2 heteroatoms. The molecule has 9 heavy (non-hydrogen) atoms. The molecule has 0 amide bonds. The van der Waals surface area contributed by atoms with Crippen molar-refractivity contribution < 1.29 is 5.11 Å². The first-order valence-corrected chi connectivity index (χ1v) is 3.10. The predicted molar refractivity (Wildman–Crippen MR) is 39.2 cm³/mol. The van der Waals surface area contributed by atoms with Crippen molar-refractivity contribution in [1.82, 2.24) is 0 Å². The minimum absolute atomic E-state index is 0.255. The van der Waals surface area contributed by atoms with Crippen molar-refractivity contribution in [2.45, 2.75) is 20.3 Å². The first-order valence-electron chi connectivity index (χ1n) is 2.72. The van der Waals surface area contributed by atoms with Crippen LogP contribution in [0.5, 0.6) is 0 Å². The van der Waals surface area contributed by atoms with Crippen molar-refractivity contribution >= 4 is 11.6 Å². The number of rotatable bonds is 1. The molecule has 0 radical (unpaired) electrons. The summed E-state index contributed by atoms with van der Waals surface area (Å²) in [6.07, 6.45) is 0.724. The second-order valence-electron chi connectivity index (χ2n) is 1.64. The lowest BCUT2D eigenvalue weighted by Gasteiger charge is -1.92. The zero-order valence-corrected chi connectivity index (χ0v) is 6.29. The maximum atomic E-state index is 8.86. The second-order valence-corrected chi connectivity index (χ2v) is 1.83. The van der Waals surface area contributed by atoms with E-state index in [2.05, 4.69) is 11.3 Å². The van der Waals surface area contributed by atoms with Gasteiger partial charge in [0.2, 0.25) is 0 Å². The molecule has 0 spiro atoms. The molecule has 0 aliphatic carbocycles. The summed E-state index contributed by atoms with van der Waals surface area (Å²) in [4.78, 5) is 0. The monoisotopic (exact) mass is 144 g/mol. The average Bonchev–Trinajstić information content (AvgIpc) is 1.82. The summed E-state index contributed by atoms with van der Waals surface area (Å²) in [6.45, 7) is 3.51. The molecule has 0 unspecified atom stereocenters. The average molecular weight is 145 g/mol. The fourth-order valence-electron chi connectivity index (χ4n) is 0.492. The van der Waals surface area contributed by atoms with Crippen molar-refractivity contribution in [1.29, 1.82) is 0 Å². The largest absolute Gasteiger partial charge is 0.512 e. The number of halogens is 1. The first-order chi connectivity index (χ1) is 4.22. The molecule has 0 saturated carbocycles. The van der Waals surface area contributed by atoms with Crippen LogP contribution >= 0.6 is 11.6 Å². The summed E-state index contributed by atoms with van der Waals surface area (Å²) in [5.74, 6) is 2.83. The third kappa shape index (κ3) is 3.05. The number of allylic oxidation sites excluding steroid dienone is 2. The molecule has 0 rings (SSSR count). The van der Waals surface area contributed by atoms with E-state index in [4.69, 9.17) is 16.7 Å². The maximum absolute atomic E-state index is 8.86. The highest BCUT2D eigenvalue weighted by molar-refractivity contribution is 6.30. The molecular formula is C7H9ClO. The SMILES string of the molecule is CCC(C#CCl)=C(C)O. The van der Waals surface area contributed by atoms with Crippen molar-refractivity contribution in [3.8, 4) is 11.3 Å². The van der Waals surface area contributed by atoms with Crippen LogP contribution in [-0.4, -0.2) is 5.11 Å². The van der Waals surface area contributed by atoms with E-state index in [0.29, 0.717) is 5.57 Å². The van der Waals surface area contributed by atoms with E-state index in [1.54, 1.807) is 6.92 Å². The van der Waals surface area contributed by atoms with Gasteiger partial charge in [-0.3, -0.25) is 0 Å². The van der Waals surface area contributed by atoms with Gasteiger partial charge in [-0.2, -0.15) is 0 Å². The van der Waals surface area contributed by atoms with Gasteiger partial charge >= 0.3 is 0 Å². The van der Waals surface area contributed by atoms with Crippen molar-refractivity contribution in [2.24, 2.45) is 0 Å². The Hall–Kier alpha value is -0.610. The Kier molecular flexibility index (Phi) is 4.00. The van der Waals surface area contributed by atoms with E-state index in [0.717, 1.165) is 6.42 Å². The highest BCUT2D eigenvalue weighted by atomic mass is 35.5. The number of hydrogen-bond acceptors (Lipinski definition) is 1. The van der Waals surface area contributed by atoms with E-state index >= 15 is 0 Å². The summed E-state index contributed by atoms with van der Waals surface area (Å²) < 4.78 is 0. The minimum atomic E-state index is 0.255. The van der Waals surface area contributed by atoms with E-state index in [1.807, 2.05) is 6.92 Å². The fourth-order valence-corrected chi connectivity index (χ4v) is 0.606. The van der Waals surface area contributed by atoms with Crippen LogP contribution in [0.1, 0.15) is 20.3 Å². The third-order valence-corrected chi connectivity index (χ3v) is 1.08. The molecule has 0 bridgehead atoms. The first kappa shape index (κ1) is 8.39.